The number of hydrogen-bond acceptors (Lipinski definition) is 5. The second-order valence-corrected chi connectivity index (χ2v) is 10.0. The number of carbonyl (C=O) groups excluding carboxylic acids is 1. The summed E-state index contributed by atoms with van der Waals surface area (Å²) in [4.78, 5) is 12.5. The van der Waals surface area contributed by atoms with E-state index in [0.29, 0.717) is 16.1 Å². The Bertz CT molecular complexity index is 1240. The van der Waals surface area contributed by atoms with Crippen molar-refractivity contribution in [2.45, 2.75) is 11.4 Å². The van der Waals surface area contributed by atoms with Gasteiger partial charge in [0.25, 0.3) is 5.91 Å². The van der Waals surface area contributed by atoms with Crippen molar-refractivity contribution >= 4 is 56.9 Å². The van der Waals surface area contributed by atoms with Crippen LogP contribution in [0.25, 0.3) is 0 Å². The number of phenols is 1. The van der Waals surface area contributed by atoms with Gasteiger partial charge < -0.3 is 5.11 Å². The minimum atomic E-state index is -4.11. The second kappa shape index (κ2) is 11.0. The van der Waals surface area contributed by atoms with Crippen LogP contribution in [0, 0.1) is 0 Å². The number of carbonyl (C=O) groups is 1. The van der Waals surface area contributed by atoms with Gasteiger partial charge in [-0.1, -0.05) is 40.9 Å². The van der Waals surface area contributed by atoms with E-state index in [2.05, 4.69) is 10.5 Å². The van der Waals surface area contributed by atoms with Gasteiger partial charge in [0.05, 0.1) is 17.7 Å². The zero-order chi connectivity index (χ0) is 24.0. The number of hydrogen-bond donors (Lipinski definition) is 2. The molecule has 0 bridgehead atoms. The average Bonchev–Trinajstić information content (AvgIpc) is 2.77. The van der Waals surface area contributed by atoms with E-state index < -0.39 is 22.5 Å². The summed E-state index contributed by atoms with van der Waals surface area (Å²) in [5.74, 6) is -0.580. The number of phenolic OH excluding ortho intramolecular Hbond substituents is 1. The Morgan fingerprint density at radius 3 is 2.18 bits per heavy atom. The van der Waals surface area contributed by atoms with Crippen LogP contribution in [0.5, 0.6) is 5.75 Å². The van der Waals surface area contributed by atoms with Gasteiger partial charge in [-0.15, -0.1) is 0 Å². The third-order valence-corrected chi connectivity index (χ3v) is 7.23. The maximum atomic E-state index is 13.3. The number of halogens is 3. The lowest BCUT2D eigenvalue weighted by Crippen LogP contribution is -2.39. The number of amides is 1. The summed E-state index contributed by atoms with van der Waals surface area (Å²) in [6.07, 6.45) is 1.36. The second-order valence-electron chi connectivity index (χ2n) is 6.81. The van der Waals surface area contributed by atoms with E-state index in [9.17, 15) is 18.3 Å². The van der Waals surface area contributed by atoms with Gasteiger partial charge in [-0.05, 0) is 66.2 Å². The first kappa shape index (κ1) is 25.0. The van der Waals surface area contributed by atoms with Crippen LogP contribution in [0.4, 0.5) is 0 Å². The fourth-order valence-corrected chi connectivity index (χ4v) is 4.78. The highest BCUT2D eigenvalue weighted by Gasteiger charge is 2.28. The summed E-state index contributed by atoms with van der Waals surface area (Å²) in [7, 11) is -4.11. The van der Waals surface area contributed by atoms with E-state index in [0.717, 1.165) is 4.31 Å². The highest BCUT2D eigenvalue weighted by Crippen LogP contribution is 2.28. The largest absolute Gasteiger partial charge is 0.508 e. The first-order chi connectivity index (χ1) is 15.7. The molecule has 33 heavy (non-hydrogen) atoms. The van der Waals surface area contributed by atoms with Crippen molar-refractivity contribution in [1.82, 2.24) is 9.73 Å². The molecule has 0 atom stereocenters. The van der Waals surface area contributed by atoms with Gasteiger partial charge in [-0.3, -0.25) is 4.79 Å². The zero-order valence-corrected chi connectivity index (χ0v) is 20.0. The molecule has 1 amide bonds. The summed E-state index contributed by atoms with van der Waals surface area (Å²) in [5, 5.41) is 14.1. The van der Waals surface area contributed by atoms with Crippen LogP contribution in [-0.4, -0.2) is 36.5 Å². The van der Waals surface area contributed by atoms with E-state index in [1.54, 1.807) is 30.3 Å². The molecule has 0 radical (unpaired) electrons. The normalized spacial score (nSPS) is 11.8. The molecule has 3 aromatic rings. The molecule has 0 unspecified atom stereocenters. The minimum absolute atomic E-state index is 0.0459. The maximum Gasteiger partial charge on any atom is 0.255 e. The Hall–Kier alpha value is -2.62. The summed E-state index contributed by atoms with van der Waals surface area (Å²) in [5.41, 5.74) is 3.29. The summed E-state index contributed by atoms with van der Waals surface area (Å²) >= 11 is 18.3. The maximum absolute atomic E-state index is 13.3. The lowest BCUT2D eigenvalue weighted by molar-refractivity contribution is -0.121. The van der Waals surface area contributed by atoms with E-state index in [-0.39, 0.29) is 27.2 Å². The summed E-state index contributed by atoms with van der Waals surface area (Å²) in [6.45, 7) is -0.780. The molecule has 0 saturated heterocycles. The van der Waals surface area contributed by atoms with E-state index in [1.807, 2.05) is 0 Å². The molecule has 0 heterocycles. The predicted molar refractivity (Wildman–Crippen MR) is 129 cm³/mol. The molecule has 11 heteroatoms. The number of nitrogens with one attached hydrogen (secondary N) is 1. The fraction of sp³-hybridized carbons (Fsp3) is 0.0909. The van der Waals surface area contributed by atoms with Crippen molar-refractivity contribution in [3.63, 3.8) is 0 Å². The first-order valence-electron chi connectivity index (χ1n) is 9.46. The molecule has 2 N–H and O–H groups in total. The number of aromatic hydroxyl groups is 1. The Kier molecular flexibility index (Phi) is 8.34. The molecule has 0 fully saturated rings. The number of sulfonamides is 1. The fourth-order valence-electron chi connectivity index (χ4n) is 2.78. The molecule has 3 rings (SSSR count). The summed E-state index contributed by atoms with van der Waals surface area (Å²) in [6, 6.07) is 16.5. The van der Waals surface area contributed by atoms with Gasteiger partial charge in [0, 0.05) is 27.2 Å². The van der Waals surface area contributed by atoms with Crippen molar-refractivity contribution in [2.75, 3.05) is 6.54 Å². The molecule has 0 aliphatic carbocycles. The van der Waals surface area contributed by atoms with E-state index >= 15 is 0 Å². The van der Waals surface area contributed by atoms with Crippen LogP contribution in [-0.2, 0) is 21.4 Å². The Morgan fingerprint density at radius 1 is 0.970 bits per heavy atom. The number of benzene rings is 3. The highest BCUT2D eigenvalue weighted by molar-refractivity contribution is 7.89. The average molecular weight is 527 g/mol. The smallest absolute Gasteiger partial charge is 0.255 e. The van der Waals surface area contributed by atoms with Crippen molar-refractivity contribution < 1.29 is 18.3 Å². The van der Waals surface area contributed by atoms with Gasteiger partial charge in [-0.2, -0.15) is 9.41 Å². The lowest BCUT2D eigenvalue weighted by atomic mass is 10.2. The van der Waals surface area contributed by atoms with Gasteiger partial charge >= 0.3 is 0 Å². The Balaban J connectivity index is 1.84. The van der Waals surface area contributed by atoms with Crippen molar-refractivity contribution in [2.24, 2.45) is 5.10 Å². The van der Waals surface area contributed by atoms with Crippen molar-refractivity contribution in [3.05, 3.63) is 92.9 Å². The SMILES string of the molecule is O=C(CN(Cc1c(Cl)cccc1Cl)S(=O)(=O)c1ccc(Cl)cc1)N/N=C\c1ccc(O)cc1. The standard InChI is InChI=1S/C22H18Cl3N3O4S/c23-16-6-10-18(11-7-16)33(31,32)28(13-19-20(24)2-1-3-21(19)25)14-22(30)27-26-12-15-4-8-17(29)9-5-15/h1-12,29H,13-14H2,(H,27,30)/b26-12-. The van der Waals surface area contributed by atoms with Crippen LogP contribution >= 0.6 is 34.8 Å². The lowest BCUT2D eigenvalue weighted by Gasteiger charge is -2.22. The van der Waals surface area contributed by atoms with Crippen molar-refractivity contribution in [3.8, 4) is 5.75 Å². The van der Waals surface area contributed by atoms with Gasteiger partial charge in [0.15, 0.2) is 0 Å². The van der Waals surface area contributed by atoms with Crippen LogP contribution in [0.3, 0.4) is 0 Å². The van der Waals surface area contributed by atoms with Gasteiger partial charge in [0.1, 0.15) is 5.75 Å². The van der Waals surface area contributed by atoms with E-state index in [1.165, 1.54) is 42.6 Å². The summed E-state index contributed by atoms with van der Waals surface area (Å²) < 4.78 is 27.5. The molecular weight excluding hydrogens is 509 g/mol. The first-order valence-corrected chi connectivity index (χ1v) is 12.0. The van der Waals surface area contributed by atoms with Crippen LogP contribution < -0.4 is 5.43 Å². The topological polar surface area (TPSA) is 99.1 Å². The molecule has 0 aromatic heterocycles. The number of nitrogens with zero attached hydrogens (tertiary/aromatic N) is 2. The van der Waals surface area contributed by atoms with Crippen molar-refractivity contribution in [1.29, 1.82) is 0 Å². The molecule has 172 valence electrons. The quantitative estimate of drug-likeness (QED) is 0.328. The monoisotopic (exact) mass is 525 g/mol. The minimum Gasteiger partial charge on any atom is -0.508 e. The van der Waals surface area contributed by atoms with E-state index in [4.69, 9.17) is 34.8 Å². The molecule has 3 aromatic carbocycles. The highest BCUT2D eigenvalue weighted by atomic mass is 35.5. The molecule has 7 nitrogen and oxygen atoms in total. The molecule has 0 aliphatic rings. The Labute approximate surface area is 206 Å². The predicted octanol–water partition coefficient (Wildman–Crippen LogP) is 4.69. The third-order valence-electron chi connectivity index (χ3n) is 4.46. The zero-order valence-electron chi connectivity index (χ0n) is 17.0. The van der Waals surface area contributed by atoms with Gasteiger partial charge in [0.2, 0.25) is 10.0 Å². The molecular formula is C22H18Cl3N3O4S. The Morgan fingerprint density at radius 2 is 1.58 bits per heavy atom. The van der Waals surface area contributed by atoms with Crippen LogP contribution in [0.15, 0.2) is 76.7 Å². The molecule has 0 aliphatic heterocycles. The number of rotatable bonds is 8. The molecule has 0 spiro atoms. The molecule has 0 saturated carbocycles. The van der Waals surface area contributed by atoms with Crippen LogP contribution in [0.1, 0.15) is 11.1 Å². The van der Waals surface area contributed by atoms with Crippen LogP contribution in [0.2, 0.25) is 15.1 Å². The van der Waals surface area contributed by atoms with Gasteiger partial charge in [-0.25, -0.2) is 13.8 Å². The third kappa shape index (κ3) is 6.69. The number of hydrazone groups is 1.